The highest BCUT2D eigenvalue weighted by Gasteiger charge is 2.41. The number of nitro groups is 1. The van der Waals surface area contributed by atoms with E-state index in [1.165, 1.54) is 31.3 Å². The lowest BCUT2D eigenvalue weighted by atomic mass is 9.67. The van der Waals surface area contributed by atoms with Gasteiger partial charge in [-0.25, -0.2) is 0 Å². The minimum atomic E-state index is -0.979. The van der Waals surface area contributed by atoms with Crippen LogP contribution in [0.1, 0.15) is 48.9 Å². The summed E-state index contributed by atoms with van der Waals surface area (Å²) in [5.74, 6) is -1.19. The van der Waals surface area contributed by atoms with Gasteiger partial charge in [-0.2, -0.15) is 0 Å². The Morgan fingerprint density at radius 3 is 2.13 bits per heavy atom. The number of hydrogen-bond donors (Lipinski definition) is 2. The molecule has 0 spiro atoms. The number of nitrogens with two attached hydrogens (primary N) is 1. The maximum absolute atomic E-state index is 12.7. The predicted molar refractivity (Wildman–Crippen MR) is 85.3 cm³/mol. The zero-order chi connectivity index (χ0) is 17.5. The quantitative estimate of drug-likeness (QED) is 0.488. The van der Waals surface area contributed by atoms with Crippen molar-refractivity contribution in [3.63, 3.8) is 0 Å². The van der Waals surface area contributed by atoms with Crippen molar-refractivity contribution in [3.8, 4) is 0 Å². The molecule has 2 rings (SSSR count). The number of benzene rings is 1. The molecule has 0 aromatic heterocycles. The largest absolute Gasteiger partial charge is 0.481 e. The molecule has 0 unspecified atom stereocenters. The number of carboxylic acids is 1. The second-order valence-electron chi connectivity index (χ2n) is 5.54. The highest BCUT2D eigenvalue weighted by atomic mass is 16.6. The number of carboxylic acid groups (broad SMARTS) is 1. The lowest BCUT2D eigenvalue weighted by molar-refractivity contribution is -0.384. The van der Waals surface area contributed by atoms with Gasteiger partial charge >= 0.3 is 5.97 Å². The van der Waals surface area contributed by atoms with Crippen LogP contribution in [0.15, 0.2) is 24.3 Å². The third-order valence-electron chi connectivity index (χ3n) is 4.12. The molecule has 23 heavy (non-hydrogen) atoms. The number of rotatable bonds is 5. The molecule has 3 N–H and O–H groups in total. The molecule has 1 aliphatic rings. The summed E-state index contributed by atoms with van der Waals surface area (Å²) in [6.07, 6.45) is 3.64. The highest BCUT2D eigenvalue weighted by Crippen LogP contribution is 2.42. The summed E-state index contributed by atoms with van der Waals surface area (Å²) in [7, 11) is 1.50. The Labute approximate surface area is 134 Å². The van der Waals surface area contributed by atoms with Gasteiger partial charge < -0.3 is 10.8 Å². The maximum Gasteiger partial charge on any atom is 0.304 e. The lowest BCUT2D eigenvalue weighted by Gasteiger charge is -2.34. The van der Waals surface area contributed by atoms with Crippen LogP contribution in [-0.2, 0) is 4.79 Å². The van der Waals surface area contributed by atoms with E-state index in [2.05, 4.69) is 5.73 Å². The van der Waals surface area contributed by atoms with Gasteiger partial charge in [0, 0.05) is 23.1 Å². The van der Waals surface area contributed by atoms with Crippen LogP contribution in [-0.4, -0.2) is 28.8 Å². The van der Waals surface area contributed by atoms with Crippen LogP contribution >= 0.6 is 0 Å². The van der Waals surface area contributed by atoms with E-state index in [-0.39, 0.29) is 17.9 Å². The first-order valence-corrected chi connectivity index (χ1v) is 7.53. The Morgan fingerprint density at radius 2 is 1.70 bits per heavy atom. The Bertz CT molecular complexity index is 562. The molecule has 7 heteroatoms. The van der Waals surface area contributed by atoms with Crippen molar-refractivity contribution in [2.75, 3.05) is 7.05 Å². The number of aliphatic carboxylic acids is 1. The zero-order valence-electron chi connectivity index (χ0n) is 13.2. The molecular weight excluding hydrogens is 300 g/mol. The first-order valence-electron chi connectivity index (χ1n) is 7.53. The van der Waals surface area contributed by atoms with Gasteiger partial charge in [0.25, 0.3) is 5.69 Å². The fraction of sp³-hybridized carbons (Fsp3) is 0.500. The van der Waals surface area contributed by atoms with E-state index in [0.29, 0.717) is 18.4 Å². The number of hydrogen-bond acceptors (Lipinski definition) is 5. The first kappa shape index (κ1) is 18.8. The average molecular weight is 322 g/mol. The minimum absolute atomic E-state index is 0.0810. The molecule has 1 aliphatic carbocycles. The third kappa shape index (κ3) is 4.59. The summed E-state index contributed by atoms with van der Waals surface area (Å²) in [6, 6.07) is 5.40. The van der Waals surface area contributed by atoms with Crippen LogP contribution in [0, 0.1) is 15.5 Å². The fourth-order valence-electron chi connectivity index (χ4n) is 3.04. The number of non-ortho nitro benzene ring substituents is 1. The number of carbonyl (C=O) groups is 2. The van der Waals surface area contributed by atoms with Gasteiger partial charge in [-0.3, -0.25) is 19.7 Å². The van der Waals surface area contributed by atoms with Crippen molar-refractivity contribution in [2.45, 2.75) is 38.5 Å². The number of carbonyl (C=O) groups excluding carboxylic acids is 1. The van der Waals surface area contributed by atoms with Crippen molar-refractivity contribution >= 4 is 17.4 Å². The molecule has 0 saturated heterocycles. The second kappa shape index (κ2) is 8.38. The van der Waals surface area contributed by atoms with Crippen molar-refractivity contribution in [1.29, 1.82) is 0 Å². The number of Topliss-reactive ketones (excluding diaryl/α,β-unsaturated/α-hetero) is 1. The van der Waals surface area contributed by atoms with Crippen molar-refractivity contribution < 1.29 is 19.6 Å². The molecule has 0 heterocycles. The molecule has 1 fully saturated rings. The monoisotopic (exact) mass is 322 g/mol. The van der Waals surface area contributed by atoms with Crippen molar-refractivity contribution in [2.24, 2.45) is 11.1 Å². The zero-order valence-corrected chi connectivity index (χ0v) is 13.2. The first-order chi connectivity index (χ1) is 10.9. The van der Waals surface area contributed by atoms with E-state index in [0.717, 1.165) is 19.3 Å². The molecule has 126 valence electrons. The molecule has 0 radical (unpaired) electrons. The van der Waals surface area contributed by atoms with Crippen LogP contribution in [0.2, 0.25) is 0 Å². The average Bonchev–Trinajstić information content (AvgIpc) is 2.56. The molecular formula is C16H22N2O5. The number of nitro benzene ring substituents is 1. The third-order valence-corrected chi connectivity index (χ3v) is 4.12. The Hall–Kier alpha value is -2.28. The Kier molecular flexibility index (Phi) is 6.84. The van der Waals surface area contributed by atoms with Crippen LogP contribution in [0.3, 0.4) is 0 Å². The standard InChI is InChI=1S/C15H17NO5.CH5N/c17-13(18)10-15(8-2-1-3-9-15)14(19)11-4-6-12(7-5-11)16(20)21;1-2/h4-7H,1-3,8-10H2,(H,17,18);2H2,1H3. The predicted octanol–water partition coefficient (Wildman–Crippen LogP) is 2.78. The van der Waals surface area contributed by atoms with Gasteiger partial charge in [0.05, 0.1) is 11.3 Å². The van der Waals surface area contributed by atoms with E-state index >= 15 is 0 Å². The molecule has 0 bridgehead atoms. The number of ketones is 1. The van der Waals surface area contributed by atoms with Gasteiger partial charge in [-0.15, -0.1) is 0 Å². The van der Waals surface area contributed by atoms with Crippen molar-refractivity contribution in [3.05, 3.63) is 39.9 Å². The molecule has 1 saturated carbocycles. The minimum Gasteiger partial charge on any atom is -0.481 e. The maximum atomic E-state index is 12.7. The Morgan fingerprint density at radius 1 is 1.17 bits per heavy atom. The molecule has 0 atom stereocenters. The van der Waals surface area contributed by atoms with Crippen LogP contribution in [0.25, 0.3) is 0 Å². The highest BCUT2D eigenvalue weighted by molar-refractivity contribution is 6.02. The van der Waals surface area contributed by atoms with Gasteiger partial charge in [-0.1, -0.05) is 19.3 Å². The molecule has 0 amide bonds. The van der Waals surface area contributed by atoms with E-state index in [1.54, 1.807) is 0 Å². The topological polar surface area (TPSA) is 124 Å². The van der Waals surface area contributed by atoms with E-state index in [4.69, 9.17) is 5.11 Å². The summed E-state index contributed by atoms with van der Waals surface area (Å²) >= 11 is 0. The van der Waals surface area contributed by atoms with Crippen LogP contribution < -0.4 is 5.73 Å². The van der Waals surface area contributed by atoms with Crippen LogP contribution in [0.4, 0.5) is 5.69 Å². The molecule has 1 aromatic carbocycles. The smallest absolute Gasteiger partial charge is 0.304 e. The summed E-state index contributed by atoms with van der Waals surface area (Å²) in [6.45, 7) is 0. The van der Waals surface area contributed by atoms with Crippen molar-refractivity contribution in [1.82, 2.24) is 0 Å². The summed E-state index contributed by atoms with van der Waals surface area (Å²) in [4.78, 5) is 33.9. The second-order valence-corrected chi connectivity index (χ2v) is 5.54. The summed E-state index contributed by atoms with van der Waals surface area (Å²) in [5.41, 5.74) is 3.91. The summed E-state index contributed by atoms with van der Waals surface area (Å²) < 4.78 is 0. The van der Waals surface area contributed by atoms with Crippen LogP contribution in [0.5, 0.6) is 0 Å². The fourth-order valence-corrected chi connectivity index (χ4v) is 3.04. The Balaban J connectivity index is 0.00000127. The van der Waals surface area contributed by atoms with E-state index in [9.17, 15) is 19.7 Å². The van der Waals surface area contributed by atoms with Gasteiger partial charge in [0.2, 0.25) is 0 Å². The SMILES string of the molecule is CN.O=C(O)CC1(C(=O)c2ccc([N+](=O)[O-])cc2)CCCCC1. The molecule has 7 nitrogen and oxygen atoms in total. The lowest BCUT2D eigenvalue weighted by Crippen LogP contribution is -2.35. The van der Waals surface area contributed by atoms with Gasteiger partial charge in [0.1, 0.15) is 0 Å². The van der Waals surface area contributed by atoms with E-state index < -0.39 is 16.3 Å². The normalized spacial score (nSPS) is 15.9. The van der Waals surface area contributed by atoms with Gasteiger partial charge in [-0.05, 0) is 32.0 Å². The van der Waals surface area contributed by atoms with Gasteiger partial charge in [0.15, 0.2) is 5.78 Å². The summed E-state index contributed by atoms with van der Waals surface area (Å²) in [5, 5.41) is 19.7. The van der Waals surface area contributed by atoms with E-state index in [1.807, 2.05) is 0 Å². The molecule has 1 aromatic rings. The molecule has 0 aliphatic heterocycles. The number of nitrogens with zero attached hydrogens (tertiary/aromatic N) is 1.